The van der Waals surface area contributed by atoms with E-state index in [1.54, 1.807) is 14.0 Å². The fourth-order valence-electron chi connectivity index (χ4n) is 0.648. The summed E-state index contributed by atoms with van der Waals surface area (Å²) < 4.78 is 4.54. The highest BCUT2D eigenvalue weighted by Crippen LogP contribution is 2.03. The minimum Gasteiger partial charge on any atom is -0.363 e. The normalized spacial score (nSPS) is 12.5. The van der Waals surface area contributed by atoms with Crippen molar-refractivity contribution in [2.75, 3.05) is 12.4 Å². The summed E-state index contributed by atoms with van der Waals surface area (Å²) in [5.41, 5.74) is 0.571. The molecule has 0 saturated heterocycles. The second-order valence-corrected chi connectivity index (χ2v) is 2.41. The first kappa shape index (κ1) is 8.73. The smallest absolute Gasteiger partial charge is 0.241 e. The molecule has 0 unspecified atom stereocenters. The van der Waals surface area contributed by atoms with E-state index in [0.29, 0.717) is 5.69 Å². The lowest BCUT2D eigenvalue weighted by Crippen LogP contribution is -2.35. The Hall–Kier alpha value is -1.36. The van der Waals surface area contributed by atoms with Crippen molar-refractivity contribution >= 4 is 11.6 Å². The standard InChI is InChI=1S/C7H11N3O2/c1-5(8-2)7(11)10-6-3-9-12-4-6/h3-5,8H,1-2H3,(H,10,11)/t5-/m0/s1. The van der Waals surface area contributed by atoms with Crippen molar-refractivity contribution < 1.29 is 9.32 Å². The van der Waals surface area contributed by atoms with E-state index >= 15 is 0 Å². The largest absolute Gasteiger partial charge is 0.363 e. The fourth-order valence-corrected chi connectivity index (χ4v) is 0.648. The van der Waals surface area contributed by atoms with Crippen LogP contribution in [-0.2, 0) is 4.79 Å². The lowest BCUT2D eigenvalue weighted by molar-refractivity contribution is -0.117. The van der Waals surface area contributed by atoms with Gasteiger partial charge in [-0.3, -0.25) is 4.79 Å². The van der Waals surface area contributed by atoms with Crippen molar-refractivity contribution in [2.24, 2.45) is 0 Å². The number of likely N-dealkylation sites (N-methyl/N-ethyl adjacent to an activating group) is 1. The van der Waals surface area contributed by atoms with Crippen LogP contribution < -0.4 is 10.6 Å². The fraction of sp³-hybridized carbons (Fsp3) is 0.429. The number of nitrogens with zero attached hydrogens (tertiary/aromatic N) is 1. The minimum absolute atomic E-state index is 0.110. The molecular weight excluding hydrogens is 158 g/mol. The number of hydrogen-bond donors (Lipinski definition) is 2. The molecule has 0 aromatic carbocycles. The zero-order valence-electron chi connectivity index (χ0n) is 7.00. The maximum absolute atomic E-state index is 11.2. The van der Waals surface area contributed by atoms with E-state index in [1.165, 1.54) is 12.5 Å². The predicted molar refractivity (Wildman–Crippen MR) is 43.7 cm³/mol. The summed E-state index contributed by atoms with van der Waals surface area (Å²) in [6.07, 6.45) is 2.82. The number of nitrogens with one attached hydrogen (secondary N) is 2. The summed E-state index contributed by atoms with van der Waals surface area (Å²) >= 11 is 0. The van der Waals surface area contributed by atoms with Gasteiger partial charge in [0.2, 0.25) is 5.91 Å². The maximum Gasteiger partial charge on any atom is 0.241 e. The van der Waals surface area contributed by atoms with E-state index in [0.717, 1.165) is 0 Å². The molecule has 5 heteroatoms. The third-order valence-electron chi connectivity index (χ3n) is 1.53. The first-order chi connectivity index (χ1) is 5.74. The van der Waals surface area contributed by atoms with E-state index < -0.39 is 0 Å². The van der Waals surface area contributed by atoms with Gasteiger partial charge in [0.1, 0.15) is 12.0 Å². The zero-order valence-corrected chi connectivity index (χ0v) is 7.00. The Morgan fingerprint density at radius 2 is 2.50 bits per heavy atom. The molecule has 0 spiro atoms. The highest BCUT2D eigenvalue weighted by molar-refractivity contribution is 5.94. The Bertz CT molecular complexity index is 245. The molecule has 0 saturated carbocycles. The first-order valence-electron chi connectivity index (χ1n) is 3.61. The van der Waals surface area contributed by atoms with Crippen LogP contribution in [0.5, 0.6) is 0 Å². The summed E-state index contributed by atoms with van der Waals surface area (Å²) in [6.45, 7) is 1.77. The molecule has 1 amide bonds. The molecule has 5 nitrogen and oxygen atoms in total. The molecule has 0 aliphatic heterocycles. The Balaban J connectivity index is 2.47. The highest BCUT2D eigenvalue weighted by Gasteiger charge is 2.10. The quantitative estimate of drug-likeness (QED) is 0.679. The molecule has 66 valence electrons. The van der Waals surface area contributed by atoms with E-state index in [-0.39, 0.29) is 11.9 Å². The molecule has 1 aromatic heterocycles. The Morgan fingerprint density at radius 1 is 1.75 bits per heavy atom. The van der Waals surface area contributed by atoms with Gasteiger partial charge in [0.25, 0.3) is 0 Å². The monoisotopic (exact) mass is 169 g/mol. The van der Waals surface area contributed by atoms with Crippen molar-refractivity contribution in [1.29, 1.82) is 0 Å². The van der Waals surface area contributed by atoms with E-state index in [1.807, 2.05) is 0 Å². The lowest BCUT2D eigenvalue weighted by Gasteiger charge is -2.08. The van der Waals surface area contributed by atoms with Crippen molar-refractivity contribution in [3.05, 3.63) is 12.5 Å². The second kappa shape index (κ2) is 3.87. The van der Waals surface area contributed by atoms with Gasteiger partial charge in [0.15, 0.2) is 0 Å². The average Bonchev–Trinajstić information content (AvgIpc) is 2.55. The average molecular weight is 169 g/mol. The third kappa shape index (κ3) is 2.06. The van der Waals surface area contributed by atoms with Gasteiger partial charge in [-0.15, -0.1) is 0 Å². The molecule has 1 heterocycles. The van der Waals surface area contributed by atoms with Crippen LogP contribution >= 0.6 is 0 Å². The van der Waals surface area contributed by atoms with Gasteiger partial charge in [-0.2, -0.15) is 0 Å². The molecule has 1 atom stereocenters. The first-order valence-corrected chi connectivity index (χ1v) is 3.61. The van der Waals surface area contributed by atoms with Gasteiger partial charge in [-0.05, 0) is 14.0 Å². The van der Waals surface area contributed by atoms with Crippen LogP contribution in [0.1, 0.15) is 6.92 Å². The Kier molecular flexibility index (Phi) is 2.82. The molecule has 1 rings (SSSR count). The van der Waals surface area contributed by atoms with Crippen molar-refractivity contribution in [2.45, 2.75) is 13.0 Å². The van der Waals surface area contributed by atoms with Crippen LogP contribution in [-0.4, -0.2) is 24.2 Å². The number of hydrogen-bond acceptors (Lipinski definition) is 4. The van der Waals surface area contributed by atoms with E-state index in [9.17, 15) is 4.79 Å². The molecular formula is C7H11N3O2. The van der Waals surface area contributed by atoms with Crippen LogP contribution in [0.2, 0.25) is 0 Å². The van der Waals surface area contributed by atoms with Crippen LogP contribution in [0.3, 0.4) is 0 Å². The zero-order chi connectivity index (χ0) is 8.97. The number of anilines is 1. The molecule has 12 heavy (non-hydrogen) atoms. The molecule has 0 radical (unpaired) electrons. The van der Waals surface area contributed by atoms with Crippen LogP contribution in [0.25, 0.3) is 0 Å². The van der Waals surface area contributed by atoms with Crippen LogP contribution in [0.4, 0.5) is 5.69 Å². The predicted octanol–water partition coefficient (Wildman–Crippen LogP) is 0.221. The number of carbonyl (C=O) groups excluding carboxylic acids is 1. The van der Waals surface area contributed by atoms with Gasteiger partial charge in [0, 0.05) is 0 Å². The topological polar surface area (TPSA) is 67.2 Å². The highest BCUT2D eigenvalue weighted by atomic mass is 16.5. The van der Waals surface area contributed by atoms with E-state index in [4.69, 9.17) is 0 Å². The minimum atomic E-state index is -0.222. The second-order valence-electron chi connectivity index (χ2n) is 2.41. The van der Waals surface area contributed by atoms with Gasteiger partial charge < -0.3 is 15.2 Å². The number of aromatic nitrogens is 1. The van der Waals surface area contributed by atoms with Gasteiger partial charge in [-0.25, -0.2) is 0 Å². The molecule has 0 bridgehead atoms. The van der Waals surface area contributed by atoms with Crippen molar-refractivity contribution in [3.8, 4) is 0 Å². The summed E-state index contributed by atoms with van der Waals surface area (Å²) in [4.78, 5) is 11.2. The van der Waals surface area contributed by atoms with Crippen molar-refractivity contribution in [3.63, 3.8) is 0 Å². The number of rotatable bonds is 3. The molecule has 0 aliphatic rings. The summed E-state index contributed by atoms with van der Waals surface area (Å²) in [6, 6.07) is -0.222. The third-order valence-corrected chi connectivity index (χ3v) is 1.53. The maximum atomic E-state index is 11.2. The molecule has 0 fully saturated rings. The molecule has 1 aromatic rings. The summed E-state index contributed by atoms with van der Waals surface area (Å²) in [7, 11) is 1.72. The molecule has 0 aliphatic carbocycles. The van der Waals surface area contributed by atoms with E-state index in [2.05, 4.69) is 20.3 Å². The van der Waals surface area contributed by atoms with Gasteiger partial charge in [0.05, 0.1) is 12.2 Å². The Labute approximate surface area is 70.1 Å². The number of carbonyl (C=O) groups is 1. The van der Waals surface area contributed by atoms with Crippen molar-refractivity contribution in [1.82, 2.24) is 10.5 Å². The van der Waals surface area contributed by atoms with Gasteiger partial charge in [-0.1, -0.05) is 5.16 Å². The summed E-state index contributed by atoms with van der Waals surface area (Å²) in [5, 5.41) is 8.88. The molecule has 2 N–H and O–H groups in total. The summed E-state index contributed by atoms with van der Waals surface area (Å²) in [5.74, 6) is -0.110. The van der Waals surface area contributed by atoms with Crippen LogP contribution in [0.15, 0.2) is 17.0 Å². The SMILES string of the molecule is CN[C@@H](C)C(=O)Nc1cnoc1. The van der Waals surface area contributed by atoms with Crippen LogP contribution in [0, 0.1) is 0 Å². The Morgan fingerprint density at radius 3 is 3.00 bits per heavy atom. The van der Waals surface area contributed by atoms with Gasteiger partial charge >= 0.3 is 0 Å². The lowest BCUT2D eigenvalue weighted by atomic mass is 10.3. The number of amides is 1.